The Morgan fingerprint density at radius 3 is 2.67 bits per heavy atom. The minimum atomic E-state index is -0.509. The number of nitrogens with zero attached hydrogens (tertiary/aromatic N) is 1. The zero-order valence-electron chi connectivity index (χ0n) is 11.4. The van der Waals surface area contributed by atoms with E-state index in [0.29, 0.717) is 23.5 Å². The second-order valence-corrected chi connectivity index (χ2v) is 4.57. The van der Waals surface area contributed by atoms with Gasteiger partial charge in [-0.05, 0) is 18.2 Å². The van der Waals surface area contributed by atoms with Crippen molar-refractivity contribution in [1.82, 2.24) is 0 Å². The van der Waals surface area contributed by atoms with Gasteiger partial charge in [-0.15, -0.1) is 0 Å². The van der Waals surface area contributed by atoms with Gasteiger partial charge in [0.05, 0.1) is 24.9 Å². The van der Waals surface area contributed by atoms with Gasteiger partial charge in [0.1, 0.15) is 5.75 Å². The summed E-state index contributed by atoms with van der Waals surface area (Å²) in [5, 5.41) is 0. The summed E-state index contributed by atoms with van der Waals surface area (Å²) >= 11 is 0. The van der Waals surface area contributed by atoms with Gasteiger partial charge >= 0.3 is 12.1 Å². The van der Waals surface area contributed by atoms with E-state index in [9.17, 15) is 9.59 Å². The van der Waals surface area contributed by atoms with Gasteiger partial charge in [0.15, 0.2) is 0 Å². The number of hydrogen-bond acceptors (Lipinski definition) is 4. The molecule has 2 aromatic rings. The number of carbonyl (C=O) groups excluding carboxylic acids is 2. The Balaban J connectivity index is 2.02. The van der Waals surface area contributed by atoms with Crippen LogP contribution in [0.15, 0.2) is 48.5 Å². The van der Waals surface area contributed by atoms with Crippen LogP contribution in [0.4, 0.5) is 10.5 Å². The van der Waals surface area contributed by atoms with Crippen molar-refractivity contribution in [3.63, 3.8) is 0 Å². The molecule has 0 aromatic heterocycles. The highest BCUT2D eigenvalue weighted by molar-refractivity contribution is 6.01. The van der Waals surface area contributed by atoms with E-state index in [2.05, 4.69) is 0 Å². The van der Waals surface area contributed by atoms with E-state index in [1.54, 1.807) is 30.3 Å². The van der Waals surface area contributed by atoms with Gasteiger partial charge in [-0.1, -0.05) is 30.3 Å². The molecule has 0 fully saturated rings. The third kappa shape index (κ3) is 2.33. The van der Waals surface area contributed by atoms with E-state index in [1.807, 2.05) is 18.2 Å². The van der Waals surface area contributed by atoms with Crippen LogP contribution in [0.5, 0.6) is 5.75 Å². The number of fused-ring (bicyclic) bond motifs is 1. The molecule has 0 aliphatic carbocycles. The van der Waals surface area contributed by atoms with Gasteiger partial charge in [0.2, 0.25) is 0 Å². The van der Waals surface area contributed by atoms with Gasteiger partial charge in [0.25, 0.3) is 0 Å². The van der Waals surface area contributed by atoms with Crippen molar-refractivity contribution in [2.75, 3.05) is 12.0 Å². The van der Waals surface area contributed by atoms with E-state index in [1.165, 1.54) is 12.0 Å². The molecular weight excluding hydrogens is 270 g/mol. The number of methoxy groups -OCH3 is 1. The Hall–Kier alpha value is -2.82. The van der Waals surface area contributed by atoms with Crippen LogP contribution in [0.1, 0.15) is 15.9 Å². The Labute approximate surface area is 121 Å². The Kier molecular flexibility index (Phi) is 3.31. The maximum absolute atomic E-state index is 12.2. The minimum absolute atomic E-state index is 0.330. The molecule has 0 bridgehead atoms. The van der Waals surface area contributed by atoms with Gasteiger partial charge in [-0.3, -0.25) is 4.90 Å². The highest BCUT2D eigenvalue weighted by Crippen LogP contribution is 2.31. The summed E-state index contributed by atoms with van der Waals surface area (Å²) in [4.78, 5) is 25.4. The van der Waals surface area contributed by atoms with Crippen LogP contribution in [0, 0.1) is 0 Å². The van der Waals surface area contributed by atoms with Crippen molar-refractivity contribution in [3.8, 4) is 5.75 Å². The highest BCUT2D eigenvalue weighted by Gasteiger charge is 2.28. The number of rotatable bonds is 2. The average molecular weight is 283 g/mol. The van der Waals surface area contributed by atoms with Crippen molar-refractivity contribution < 1.29 is 19.1 Å². The number of esters is 1. The smallest absolute Gasteiger partial charge is 0.420 e. The lowest BCUT2D eigenvalue weighted by Gasteiger charge is -2.28. The molecule has 0 saturated heterocycles. The molecule has 2 aromatic carbocycles. The van der Waals surface area contributed by atoms with Crippen molar-refractivity contribution in [2.24, 2.45) is 0 Å². The SMILES string of the molecule is COC(=O)c1ccccc1N1Cc2ccccc2OC1=O. The van der Waals surface area contributed by atoms with Gasteiger partial charge in [0, 0.05) is 5.56 Å². The molecule has 1 heterocycles. The first-order valence-corrected chi connectivity index (χ1v) is 6.45. The molecule has 5 heteroatoms. The second kappa shape index (κ2) is 5.28. The zero-order valence-corrected chi connectivity index (χ0v) is 11.4. The number of hydrogen-bond donors (Lipinski definition) is 0. The van der Waals surface area contributed by atoms with Crippen molar-refractivity contribution in [1.29, 1.82) is 0 Å². The average Bonchev–Trinajstić information content (AvgIpc) is 2.53. The summed E-state index contributed by atoms with van der Waals surface area (Å²) in [6, 6.07) is 14.1. The number of ether oxygens (including phenoxy) is 2. The molecule has 0 saturated carbocycles. The fourth-order valence-corrected chi connectivity index (χ4v) is 2.29. The van der Waals surface area contributed by atoms with E-state index >= 15 is 0 Å². The number of benzene rings is 2. The van der Waals surface area contributed by atoms with Crippen molar-refractivity contribution in [3.05, 3.63) is 59.7 Å². The van der Waals surface area contributed by atoms with Crippen LogP contribution in [0.3, 0.4) is 0 Å². The summed E-state index contributed by atoms with van der Waals surface area (Å²) < 4.78 is 10.1. The first kappa shape index (κ1) is 13.2. The van der Waals surface area contributed by atoms with Crippen molar-refractivity contribution in [2.45, 2.75) is 6.54 Å². The van der Waals surface area contributed by atoms with Crippen LogP contribution in [0.2, 0.25) is 0 Å². The summed E-state index contributed by atoms with van der Waals surface area (Å²) in [6.45, 7) is 0.350. The number of carbonyl (C=O) groups is 2. The van der Waals surface area contributed by atoms with Crippen LogP contribution < -0.4 is 9.64 Å². The van der Waals surface area contributed by atoms with Crippen molar-refractivity contribution >= 4 is 17.7 Å². The summed E-state index contributed by atoms with van der Waals surface area (Å²) in [5.74, 6) is 0.0616. The first-order chi connectivity index (χ1) is 10.2. The van der Waals surface area contributed by atoms with E-state index in [-0.39, 0.29) is 0 Å². The molecule has 0 spiro atoms. The van der Waals surface area contributed by atoms with Gasteiger partial charge in [-0.25, -0.2) is 9.59 Å². The van der Waals surface area contributed by atoms with E-state index < -0.39 is 12.1 Å². The summed E-state index contributed by atoms with van der Waals surface area (Å²) in [6.07, 6.45) is -0.509. The van der Waals surface area contributed by atoms with Crippen LogP contribution in [-0.4, -0.2) is 19.2 Å². The minimum Gasteiger partial charge on any atom is -0.465 e. The standard InChI is InChI=1S/C16H13NO4/c1-20-15(18)12-7-3-4-8-13(12)17-10-11-6-2-5-9-14(11)21-16(17)19/h2-9H,10H2,1H3. The fraction of sp³-hybridized carbons (Fsp3) is 0.125. The predicted molar refractivity (Wildman–Crippen MR) is 76.4 cm³/mol. The maximum Gasteiger partial charge on any atom is 0.420 e. The monoisotopic (exact) mass is 283 g/mol. The Bertz CT molecular complexity index is 711. The molecule has 3 rings (SSSR count). The predicted octanol–water partition coefficient (Wildman–Crippen LogP) is 2.99. The largest absolute Gasteiger partial charge is 0.465 e. The fourth-order valence-electron chi connectivity index (χ4n) is 2.29. The topological polar surface area (TPSA) is 55.8 Å². The third-order valence-corrected chi connectivity index (χ3v) is 3.32. The molecule has 0 radical (unpaired) electrons. The molecule has 1 aliphatic rings. The molecule has 0 N–H and O–H groups in total. The number of para-hydroxylation sites is 2. The van der Waals surface area contributed by atoms with Crippen LogP contribution in [-0.2, 0) is 11.3 Å². The Morgan fingerprint density at radius 1 is 1.14 bits per heavy atom. The van der Waals surface area contributed by atoms with E-state index in [4.69, 9.17) is 9.47 Å². The number of amides is 1. The maximum atomic E-state index is 12.2. The summed E-state index contributed by atoms with van der Waals surface area (Å²) in [5.41, 5.74) is 1.69. The lowest BCUT2D eigenvalue weighted by Crippen LogP contribution is -2.37. The molecular formula is C16H13NO4. The van der Waals surface area contributed by atoms with Crippen LogP contribution >= 0.6 is 0 Å². The Morgan fingerprint density at radius 2 is 1.86 bits per heavy atom. The molecule has 1 amide bonds. The lowest BCUT2D eigenvalue weighted by atomic mass is 10.1. The lowest BCUT2D eigenvalue weighted by molar-refractivity contribution is 0.0601. The molecule has 106 valence electrons. The molecule has 1 aliphatic heterocycles. The first-order valence-electron chi connectivity index (χ1n) is 6.45. The van der Waals surface area contributed by atoms with Crippen LogP contribution in [0.25, 0.3) is 0 Å². The van der Waals surface area contributed by atoms with Gasteiger partial charge < -0.3 is 9.47 Å². The summed E-state index contributed by atoms with van der Waals surface area (Å²) in [7, 11) is 1.31. The van der Waals surface area contributed by atoms with Gasteiger partial charge in [-0.2, -0.15) is 0 Å². The third-order valence-electron chi connectivity index (χ3n) is 3.32. The number of anilines is 1. The normalized spacial score (nSPS) is 13.4. The second-order valence-electron chi connectivity index (χ2n) is 4.57. The molecule has 0 unspecified atom stereocenters. The molecule has 0 atom stereocenters. The highest BCUT2D eigenvalue weighted by atomic mass is 16.6. The molecule has 5 nitrogen and oxygen atoms in total. The molecule has 21 heavy (non-hydrogen) atoms. The zero-order chi connectivity index (χ0) is 14.8. The quantitative estimate of drug-likeness (QED) is 0.795. The van der Waals surface area contributed by atoms with E-state index in [0.717, 1.165) is 5.56 Å².